The van der Waals surface area contributed by atoms with Crippen molar-refractivity contribution in [2.45, 2.75) is 44.8 Å². The molecule has 0 bridgehead atoms. The molecule has 0 amide bonds. The third-order valence-electron chi connectivity index (χ3n) is 3.79. The summed E-state index contributed by atoms with van der Waals surface area (Å²) in [6.07, 6.45) is 5.52. The maximum atomic E-state index is 12.1. The number of nitrogen functional groups attached to an aromatic ring is 1. The van der Waals surface area contributed by atoms with Crippen LogP contribution in [-0.2, 0) is 24.1 Å². The van der Waals surface area contributed by atoms with Gasteiger partial charge in [-0.25, -0.2) is 0 Å². The molecule has 1 atom stereocenters. The number of aromatic nitrogens is 1. The third kappa shape index (κ3) is 1.86. The minimum absolute atomic E-state index is 0.0406. The molecule has 0 spiro atoms. The van der Waals surface area contributed by atoms with E-state index < -0.39 is 0 Å². The van der Waals surface area contributed by atoms with Crippen LogP contribution in [0.5, 0.6) is 0 Å². The second-order valence-corrected chi connectivity index (χ2v) is 4.98. The van der Waals surface area contributed by atoms with Crippen LogP contribution in [0.15, 0.2) is 10.9 Å². The summed E-state index contributed by atoms with van der Waals surface area (Å²) in [5, 5.41) is 0. The number of fused-ring (bicyclic) bond motifs is 1. The van der Waals surface area contributed by atoms with Crippen LogP contribution in [0.2, 0.25) is 0 Å². The zero-order valence-electron chi connectivity index (χ0n) is 9.95. The first-order valence-electron chi connectivity index (χ1n) is 6.38. The van der Waals surface area contributed by atoms with Crippen molar-refractivity contribution in [1.82, 2.24) is 4.57 Å². The van der Waals surface area contributed by atoms with Gasteiger partial charge in [0.15, 0.2) is 0 Å². The molecule has 3 rings (SSSR count). The molecular formula is C13H18N2O2. The van der Waals surface area contributed by atoms with Crippen molar-refractivity contribution in [1.29, 1.82) is 0 Å². The lowest BCUT2D eigenvalue weighted by atomic mass is 10.2. The molecule has 2 aliphatic rings. The summed E-state index contributed by atoms with van der Waals surface area (Å²) in [6, 6.07) is 1.86. The summed E-state index contributed by atoms with van der Waals surface area (Å²) in [5.41, 5.74) is 8.56. The van der Waals surface area contributed by atoms with Crippen molar-refractivity contribution in [3.8, 4) is 0 Å². The SMILES string of the molecule is Nc1cc2c(n(CC3CCCO3)c1=O)CCC2. The zero-order valence-corrected chi connectivity index (χ0v) is 9.95. The lowest BCUT2D eigenvalue weighted by Crippen LogP contribution is -2.30. The van der Waals surface area contributed by atoms with E-state index >= 15 is 0 Å². The molecule has 2 heterocycles. The second kappa shape index (κ2) is 4.18. The van der Waals surface area contributed by atoms with Crippen molar-refractivity contribution in [3.05, 3.63) is 27.7 Å². The molecular weight excluding hydrogens is 216 g/mol. The van der Waals surface area contributed by atoms with E-state index in [4.69, 9.17) is 10.5 Å². The van der Waals surface area contributed by atoms with E-state index in [9.17, 15) is 4.79 Å². The topological polar surface area (TPSA) is 57.2 Å². The fraction of sp³-hybridized carbons (Fsp3) is 0.615. The highest BCUT2D eigenvalue weighted by Gasteiger charge is 2.22. The Balaban J connectivity index is 1.99. The number of nitrogens with two attached hydrogens (primary N) is 1. The van der Waals surface area contributed by atoms with Gasteiger partial charge in [0.05, 0.1) is 18.3 Å². The molecule has 0 aromatic carbocycles. The molecule has 0 radical (unpaired) electrons. The Bertz CT molecular complexity index is 487. The molecule has 0 saturated carbocycles. The van der Waals surface area contributed by atoms with Gasteiger partial charge >= 0.3 is 0 Å². The molecule has 1 unspecified atom stereocenters. The normalized spacial score (nSPS) is 22.9. The van der Waals surface area contributed by atoms with Crippen LogP contribution in [0.25, 0.3) is 0 Å². The fourth-order valence-electron chi connectivity index (χ4n) is 2.93. The first-order valence-corrected chi connectivity index (χ1v) is 6.38. The maximum Gasteiger partial charge on any atom is 0.273 e. The smallest absolute Gasteiger partial charge is 0.273 e. The Kier molecular flexibility index (Phi) is 2.67. The summed E-state index contributed by atoms with van der Waals surface area (Å²) in [4.78, 5) is 12.1. The maximum absolute atomic E-state index is 12.1. The van der Waals surface area contributed by atoms with Gasteiger partial charge in [-0.1, -0.05) is 0 Å². The number of rotatable bonds is 2. The minimum Gasteiger partial charge on any atom is -0.394 e. The van der Waals surface area contributed by atoms with Gasteiger partial charge in [0.2, 0.25) is 0 Å². The summed E-state index contributed by atoms with van der Waals surface area (Å²) in [5.74, 6) is 0. The van der Waals surface area contributed by atoms with E-state index in [0.29, 0.717) is 12.2 Å². The number of hydrogen-bond donors (Lipinski definition) is 1. The molecule has 17 heavy (non-hydrogen) atoms. The van der Waals surface area contributed by atoms with Gasteiger partial charge < -0.3 is 15.0 Å². The molecule has 1 saturated heterocycles. The minimum atomic E-state index is -0.0406. The predicted octanol–water partition coefficient (Wildman–Crippen LogP) is 1.10. The van der Waals surface area contributed by atoms with Crippen molar-refractivity contribution in [2.24, 2.45) is 0 Å². The second-order valence-electron chi connectivity index (χ2n) is 4.98. The molecule has 1 aliphatic heterocycles. The van der Waals surface area contributed by atoms with Crippen LogP contribution in [0.3, 0.4) is 0 Å². The number of ether oxygens (including phenoxy) is 1. The summed E-state index contributed by atoms with van der Waals surface area (Å²) >= 11 is 0. The van der Waals surface area contributed by atoms with Crippen LogP contribution >= 0.6 is 0 Å². The largest absolute Gasteiger partial charge is 0.394 e. The number of pyridine rings is 1. The van der Waals surface area contributed by atoms with Gasteiger partial charge in [-0.2, -0.15) is 0 Å². The average Bonchev–Trinajstić information content (AvgIpc) is 2.94. The van der Waals surface area contributed by atoms with Gasteiger partial charge in [-0.15, -0.1) is 0 Å². The molecule has 1 aromatic heterocycles. The van der Waals surface area contributed by atoms with Gasteiger partial charge in [-0.3, -0.25) is 4.79 Å². The molecule has 1 fully saturated rings. The zero-order chi connectivity index (χ0) is 11.8. The highest BCUT2D eigenvalue weighted by Crippen LogP contribution is 2.23. The average molecular weight is 234 g/mol. The molecule has 2 N–H and O–H groups in total. The Hall–Kier alpha value is -1.29. The van der Waals surface area contributed by atoms with E-state index in [1.807, 2.05) is 10.6 Å². The first-order chi connectivity index (χ1) is 8.25. The Morgan fingerprint density at radius 2 is 2.29 bits per heavy atom. The van der Waals surface area contributed by atoms with Crippen LogP contribution in [0.1, 0.15) is 30.5 Å². The van der Waals surface area contributed by atoms with Crippen molar-refractivity contribution in [3.63, 3.8) is 0 Å². The number of anilines is 1. The van der Waals surface area contributed by atoms with Gasteiger partial charge in [0.1, 0.15) is 0 Å². The highest BCUT2D eigenvalue weighted by atomic mass is 16.5. The molecule has 92 valence electrons. The van der Waals surface area contributed by atoms with Crippen LogP contribution in [-0.4, -0.2) is 17.3 Å². The van der Waals surface area contributed by atoms with Crippen LogP contribution < -0.4 is 11.3 Å². The number of aryl methyl sites for hydroxylation is 1. The first kappa shape index (κ1) is 10.8. The lowest BCUT2D eigenvalue weighted by molar-refractivity contribution is 0.0955. The Labute approximate surface area is 100 Å². The molecule has 4 heteroatoms. The van der Waals surface area contributed by atoms with Crippen molar-refractivity contribution >= 4 is 5.69 Å². The standard InChI is InChI=1S/C13H18N2O2/c14-11-7-9-3-1-5-12(9)15(13(11)16)8-10-4-2-6-17-10/h7,10H,1-6,8,14H2. The highest BCUT2D eigenvalue weighted by molar-refractivity contribution is 5.42. The quantitative estimate of drug-likeness (QED) is 0.833. The van der Waals surface area contributed by atoms with Crippen LogP contribution in [0, 0.1) is 0 Å². The Morgan fingerprint density at radius 1 is 1.41 bits per heavy atom. The van der Waals surface area contributed by atoms with E-state index in [1.54, 1.807) is 0 Å². The molecule has 1 aliphatic carbocycles. The van der Waals surface area contributed by atoms with Gasteiger partial charge in [0.25, 0.3) is 5.56 Å². The van der Waals surface area contributed by atoms with Gasteiger partial charge in [-0.05, 0) is 43.7 Å². The van der Waals surface area contributed by atoms with E-state index in [0.717, 1.165) is 38.7 Å². The van der Waals surface area contributed by atoms with E-state index in [2.05, 4.69) is 0 Å². The molecule has 4 nitrogen and oxygen atoms in total. The van der Waals surface area contributed by atoms with Gasteiger partial charge in [0, 0.05) is 12.3 Å². The van der Waals surface area contributed by atoms with Crippen molar-refractivity contribution < 1.29 is 4.74 Å². The number of hydrogen-bond acceptors (Lipinski definition) is 3. The summed E-state index contributed by atoms with van der Waals surface area (Å²) in [6.45, 7) is 1.50. The lowest BCUT2D eigenvalue weighted by Gasteiger charge is -2.16. The van der Waals surface area contributed by atoms with E-state index in [-0.39, 0.29) is 11.7 Å². The van der Waals surface area contributed by atoms with Crippen molar-refractivity contribution in [2.75, 3.05) is 12.3 Å². The monoisotopic (exact) mass is 234 g/mol. The number of nitrogens with zero attached hydrogens (tertiary/aromatic N) is 1. The summed E-state index contributed by atoms with van der Waals surface area (Å²) in [7, 11) is 0. The fourth-order valence-corrected chi connectivity index (χ4v) is 2.93. The van der Waals surface area contributed by atoms with E-state index in [1.165, 1.54) is 11.3 Å². The summed E-state index contributed by atoms with van der Waals surface area (Å²) < 4.78 is 7.47. The Morgan fingerprint density at radius 3 is 3.06 bits per heavy atom. The molecule has 1 aromatic rings. The predicted molar refractivity (Wildman–Crippen MR) is 66.1 cm³/mol. The third-order valence-corrected chi connectivity index (χ3v) is 3.79. The van der Waals surface area contributed by atoms with Crippen LogP contribution in [0.4, 0.5) is 5.69 Å².